The smallest absolute Gasteiger partial charge is 0.163 e. The number of aryl methyl sites for hydroxylation is 1. The number of carbonyl (C=O) groups is 1. The Morgan fingerprint density at radius 1 is 1.36 bits per heavy atom. The molecule has 2 fully saturated rings. The van der Waals surface area contributed by atoms with Gasteiger partial charge < -0.3 is 9.64 Å². The first-order chi connectivity index (χ1) is 10.5. The summed E-state index contributed by atoms with van der Waals surface area (Å²) in [6.45, 7) is 6.76. The topological polar surface area (TPSA) is 29.5 Å². The number of carbonyl (C=O) groups excluding carboxylic acids is 1. The molecule has 1 unspecified atom stereocenters. The molecule has 3 nitrogen and oxygen atoms in total. The quantitative estimate of drug-likeness (QED) is 0.798. The fourth-order valence-corrected chi connectivity index (χ4v) is 4.61. The molecule has 3 heteroatoms. The van der Waals surface area contributed by atoms with Gasteiger partial charge in [-0.2, -0.15) is 0 Å². The summed E-state index contributed by atoms with van der Waals surface area (Å²) in [7, 11) is 3.87. The van der Waals surface area contributed by atoms with Crippen LogP contribution in [0, 0.1) is 30.6 Å². The Balaban J connectivity index is 1.68. The summed E-state index contributed by atoms with van der Waals surface area (Å²) in [6.07, 6.45) is 1.92. The van der Waals surface area contributed by atoms with Gasteiger partial charge in [0.05, 0.1) is 7.11 Å². The molecule has 1 aliphatic carbocycles. The van der Waals surface area contributed by atoms with Gasteiger partial charge in [0.1, 0.15) is 5.75 Å². The van der Waals surface area contributed by atoms with Gasteiger partial charge in [-0.1, -0.05) is 6.92 Å². The van der Waals surface area contributed by atoms with Gasteiger partial charge in [0.15, 0.2) is 5.78 Å². The number of benzene rings is 1. The molecule has 4 atom stereocenters. The van der Waals surface area contributed by atoms with Crippen molar-refractivity contribution in [2.24, 2.45) is 23.7 Å². The second-order valence-electron chi connectivity index (χ2n) is 7.31. The molecule has 1 saturated heterocycles. The molecule has 2 aliphatic rings. The van der Waals surface area contributed by atoms with Gasteiger partial charge in [0.2, 0.25) is 0 Å². The standard InChI is InChI=1S/C19H27NO2/c1-12-7-16(22-4)5-6-17(12)19(21)9-14-8-15-10-20(3)11-18(15)13(14)2/h5-7,13-15,18H,8-11H2,1-4H3/t13-,14?,15+,18+/m1/s1. The monoisotopic (exact) mass is 301 g/mol. The van der Waals surface area contributed by atoms with E-state index in [1.807, 2.05) is 25.1 Å². The molecule has 0 spiro atoms. The summed E-state index contributed by atoms with van der Waals surface area (Å²) in [4.78, 5) is 15.1. The molecular formula is C19H27NO2. The Morgan fingerprint density at radius 3 is 2.77 bits per heavy atom. The summed E-state index contributed by atoms with van der Waals surface area (Å²) in [5.41, 5.74) is 1.89. The Labute approximate surface area is 133 Å². The number of hydrogen-bond acceptors (Lipinski definition) is 3. The number of Topliss-reactive ketones (excluding diaryl/α,β-unsaturated/α-hetero) is 1. The maximum Gasteiger partial charge on any atom is 0.163 e. The first-order valence-corrected chi connectivity index (χ1v) is 8.36. The van der Waals surface area contributed by atoms with E-state index in [1.165, 1.54) is 19.5 Å². The van der Waals surface area contributed by atoms with Crippen LogP contribution in [0.25, 0.3) is 0 Å². The van der Waals surface area contributed by atoms with Gasteiger partial charge in [-0.25, -0.2) is 0 Å². The first-order valence-electron chi connectivity index (χ1n) is 8.36. The number of rotatable bonds is 4. The zero-order valence-electron chi connectivity index (χ0n) is 14.1. The summed E-state index contributed by atoms with van der Waals surface area (Å²) >= 11 is 0. The third-order valence-electron chi connectivity index (χ3n) is 5.88. The Morgan fingerprint density at radius 2 is 2.14 bits per heavy atom. The molecule has 1 aromatic carbocycles. The molecular weight excluding hydrogens is 274 g/mol. The highest BCUT2D eigenvalue weighted by molar-refractivity contribution is 5.97. The number of fused-ring (bicyclic) bond motifs is 1. The van der Waals surface area contributed by atoms with E-state index in [1.54, 1.807) is 7.11 Å². The van der Waals surface area contributed by atoms with Gasteiger partial charge in [-0.15, -0.1) is 0 Å². The molecule has 0 bridgehead atoms. The van der Waals surface area contributed by atoms with E-state index in [-0.39, 0.29) is 0 Å². The SMILES string of the molecule is COc1ccc(C(=O)CC2C[C@H]3CN(C)C[C@H]3[C@@H]2C)c(C)c1. The largest absolute Gasteiger partial charge is 0.497 e. The van der Waals surface area contributed by atoms with Crippen molar-refractivity contribution >= 4 is 5.78 Å². The van der Waals surface area contributed by atoms with E-state index in [2.05, 4.69) is 18.9 Å². The number of ketones is 1. The zero-order valence-corrected chi connectivity index (χ0v) is 14.1. The lowest BCUT2D eigenvalue weighted by molar-refractivity contribution is 0.0946. The normalized spacial score (nSPS) is 31.3. The Hall–Kier alpha value is -1.35. The van der Waals surface area contributed by atoms with Crippen molar-refractivity contribution in [2.45, 2.75) is 26.7 Å². The second kappa shape index (κ2) is 6.04. The minimum Gasteiger partial charge on any atom is -0.497 e. The Bertz CT molecular complexity index is 569. The lowest BCUT2D eigenvalue weighted by Gasteiger charge is -2.21. The predicted octanol–water partition coefficient (Wildman–Crippen LogP) is 3.41. The molecule has 0 N–H and O–H groups in total. The van der Waals surface area contributed by atoms with E-state index < -0.39 is 0 Å². The van der Waals surface area contributed by atoms with Crippen LogP contribution < -0.4 is 4.74 Å². The fraction of sp³-hybridized carbons (Fsp3) is 0.632. The Kier molecular flexibility index (Phi) is 4.26. The first kappa shape index (κ1) is 15.5. The summed E-state index contributed by atoms with van der Waals surface area (Å²) in [5.74, 6) is 3.93. The zero-order chi connectivity index (χ0) is 15.9. The van der Waals surface area contributed by atoms with Crippen molar-refractivity contribution in [2.75, 3.05) is 27.2 Å². The molecule has 0 aromatic heterocycles. The van der Waals surface area contributed by atoms with Gasteiger partial charge in [-0.3, -0.25) is 4.79 Å². The van der Waals surface area contributed by atoms with Crippen molar-refractivity contribution < 1.29 is 9.53 Å². The number of nitrogens with zero attached hydrogens (tertiary/aromatic N) is 1. The van der Waals surface area contributed by atoms with Crippen LogP contribution in [-0.4, -0.2) is 37.9 Å². The van der Waals surface area contributed by atoms with Crippen LogP contribution in [0.15, 0.2) is 18.2 Å². The number of methoxy groups -OCH3 is 1. The van der Waals surface area contributed by atoms with Gasteiger partial charge in [-0.05, 0) is 67.8 Å². The van der Waals surface area contributed by atoms with Crippen LogP contribution in [0.3, 0.4) is 0 Å². The van der Waals surface area contributed by atoms with E-state index in [0.717, 1.165) is 28.7 Å². The highest BCUT2D eigenvalue weighted by atomic mass is 16.5. The summed E-state index contributed by atoms with van der Waals surface area (Å²) in [5, 5.41) is 0. The molecule has 1 saturated carbocycles. The van der Waals surface area contributed by atoms with E-state index in [9.17, 15) is 4.79 Å². The maximum atomic E-state index is 12.7. The van der Waals surface area contributed by atoms with E-state index in [4.69, 9.17) is 4.74 Å². The predicted molar refractivity (Wildman–Crippen MR) is 88.4 cm³/mol. The number of hydrogen-bond donors (Lipinski definition) is 0. The van der Waals surface area contributed by atoms with Crippen molar-refractivity contribution in [3.63, 3.8) is 0 Å². The second-order valence-corrected chi connectivity index (χ2v) is 7.31. The lowest BCUT2D eigenvalue weighted by Crippen LogP contribution is -2.22. The average Bonchev–Trinajstić information content (AvgIpc) is 2.97. The fourth-order valence-electron chi connectivity index (χ4n) is 4.61. The van der Waals surface area contributed by atoms with Crippen LogP contribution in [0.1, 0.15) is 35.7 Å². The van der Waals surface area contributed by atoms with Crippen LogP contribution in [0.5, 0.6) is 5.75 Å². The minimum absolute atomic E-state index is 0.297. The summed E-state index contributed by atoms with van der Waals surface area (Å²) < 4.78 is 5.22. The molecule has 1 heterocycles. The van der Waals surface area contributed by atoms with Crippen molar-refractivity contribution in [1.29, 1.82) is 0 Å². The highest BCUT2D eigenvalue weighted by Gasteiger charge is 2.45. The summed E-state index contributed by atoms with van der Waals surface area (Å²) in [6, 6.07) is 5.77. The molecule has 0 radical (unpaired) electrons. The number of likely N-dealkylation sites (tertiary alicyclic amines) is 1. The number of ether oxygens (including phenoxy) is 1. The third-order valence-corrected chi connectivity index (χ3v) is 5.88. The average molecular weight is 301 g/mol. The highest BCUT2D eigenvalue weighted by Crippen LogP contribution is 2.47. The van der Waals surface area contributed by atoms with Crippen molar-refractivity contribution in [1.82, 2.24) is 4.90 Å². The van der Waals surface area contributed by atoms with Crippen LogP contribution in [0.2, 0.25) is 0 Å². The van der Waals surface area contributed by atoms with Crippen molar-refractivity contribution in [3.8, 4) is 5.75 Å². The van der Waals surface area contributed by atoms with Crippen LogP contribution in [-0.2, 0) is 0 Å². The molecule has 1 aliphatic heterocycles. The minimum atomic E-state index is 0.297. The van der Waals surface area contributed by atoms with Crippen LogP contribution in [0.4, 0.5) is 0 Å². The van der Waals surface area contributed by atoms with Crippen LogP contribution >= 0.6 is 0 Å². The van der Waals surface area contributed by atoms with E-state index in [0.29, 0.717) is 24.0 Å². The molecule has 3 rings (SSSR count). The third kappa shape index (κ3) is 2.79. The lowest BCUT2D eigenvalue weighted by atomic mass is 9.86. The maximum absolute atomic E-state index is 12.7. The van der Waals surface area contributed by atoms with Crippen molar-refractivity contribution in [3.05, 3.63) is 29.3 Å². The van der Waals surface area contributed by atoms with Gasteiger partial charge in [0.25, 0.3) is 0 Å². The molecule has 120 valence electrons. The van der Waals surface area contributed by atoms with Gasteiger partial charge >= 0.3 is 0 Å². The van der Waals surface area contributed by atoms with E-state index >= 15 is 0 Å². The molecule has 0 amide bonds. The van der Waals surface area contributed by atoms with Gasteiger partial charge in [0, 0.05) is 25.1 Å². The molecule has 22 heavy (non-hydrogen) atoms. The molecule has 1 aromatic rings.